The lowest BCUT2D eigenvalue weighted by atomic mass is 10.00. The van der Waals surface area contributed by atoms with Gasteiger partial charge in [0.05, 0.1) is 5.69 Å². The van der Waals surface area contributed by atoms with Crippen molar-refractivity contribution < 1.29 is 14.0 Å². The predicted octanol–water partition coefficient (Wildman–Crippen LogP) is 2.76. The van der Waals surface area contributed by atoms with E-state index in [1.807, 2.05) is 6.07 Å². The molecule has 0 fully saturated rings. The number of urea groups is 1. The van der Waals surface area contributed by atoms with E-state index in [1.165, 1.54) is 12.1 Å². The minimum Gasteiger partial charge on any atom is -0.352 e. The first kappa shape index (κ1) is 14.1. The lowest BCUT2D eigenvalue weighted by Gasteiger charge is -2.17. The minimum atomic E-state index is -0.568. The molecule has 6 heteroatoms. The van der Waals surface area contributed by atoms with E-state index < -0.39 is 11.8 Å². The second-order valence-corrected chi connectivity index (χ2v) is 4.94. The molecule has 1 heterocycles. The summed E-state index contributed by atoms with van der Waals surface area (Å²) < 4.78 is 13.5. The first-order chi connectivity index (χ1) is 10.6. The number of hydrogen-bond donors (Lipinski definition) is 3. The maximum Gasteiger partial charge on any atom is 0.323 e. The highest BCUT2D eigenvalue weighted by Crippen LogP contribution is 2.19. The van der Waals surface area contributed by atoms with E-state index in [-0.39, 0.29) is 11.6 Å². The highest BCUT2D eigenvalue weighted by molar-refractivity contribution is 6.02. The maximum atomic E-state index is 13.5. The maximum absolute atomic E-state index is 13.5. The second-order valence-electron chi connectivity index (χ2n) is 4.94. The molecule has 0 saturated carbocycles. The molecule has 2 aromatic rings. The van der Waals surface area contributed by atoms with Crippen LogP contribution in [0.2, 0.25) is 0 Å². The van der Waals surface area contributed by atoms with E-state index >= 15 is 0 Å². The number of carbonyl (C=O) groups excluding carboxylic acids is 2. The van der Waals surface area contributed by atoms with Crippen molar-refractivity contribution in [3.63, 3.8) is 0 Å². The van der Waals surface area contributed by atoms with Gasteiger partial charge in [-0.3, -0.25) is 4.79 Å². The molecular formula is C16H14FN3O2. The number of benzene rings is 2. The van der Waals surface area contributed by atoms with E-state index in [9.17, 15) is 14.0 Å². The molecule has 0 atom stereocenters. The van der Waals surface area contributed by atoms with Crippen molar-refractivity contribution in [1.82, 2.24) is 5.32 Å². The summed E-state index contributed by atoms with van der Waals surface area (Å²) in [4.78, 5) is 23.7. The molecular weight excluding hydrogens is 285 g/mol. The van der Waals surface area contributed by atoms with Crippen molar-refractivity contribution in [3.8, 4) is 0 Å². The van der Waals surface area contributed by atoms with E-state index in [4.69, 9.17) is 0 Å². The third-order valence-electron chi connectivity index (χ3n) is 3.41. The Morgan fingerprint density at radius 3 is 2.77 bits per heavy atom. The van der Waals surface area contributed by atoms with Crippen LogP contribution >= 0.6 is 0 Å². The number of anilines is 2. The fraction of sp³-hybridized carbons (Fsp3) is 0.125. The largest absolute Gasteiger partial charge is 0.352 e. The van der Waals surface area contributed by atoms with Crippen LogP contribution in [-0.4, -0.2) is 18.5 Å². The first-order valence-corrected chi connectivity index (χ1v) is 6.87. The fourth-order valence-electron chi connectivity index (χ4n) is 2.34. The van der Waals surface area contributed by atoms with Crippen LogP contribution in [0.3, 0.4) is 0 Å². The van der Waals surface area contributed by atoms with E-state index in [0.717, 1.165) is 12.0 Å². The third kappa shape index (κ3) is 2.90. The van der Waals surface area contributed by atoms with Gasteiger partial charge in [0.2, 0.25) is 0 Å². The van der Waals surface area contributed by atoms with Gasteiger partial charge in [-0.15, -0.1) is 0 Å². The fourth-order valence-corrected chi connectivity index (χ4v) is 2.34. The lowest BCUT2D eigenvalue weighted by molar-refractivity contribution is 0.0946. The van der Waals surface area contributed by atoms with Crippen LogP contribution < -0.4 is 16.0 Å². The summed E-state index contributed by atoms with van der Waals surface area (Å²) in [6, 6.07) is 10.5. The molecule has 0 unspecified atom stereocenters. The number of fused-ring (bicyclic) bond motifs is 1. The molecule has 0 aliphatic carbocycles. The standard InChI is InChI=1S/C16H14FN3O2/c17-13-3-1-2-4-14(13)20-16(22)19-11-6-5-10-7-8-18-15(21)12(10)9-11/h1-6,9H,7-8H2,(H,18,21)(H2,19,20,22). The van der Waals surface area contributed by atoms with Gasteiger partial charge in [0.1, 0.15) is 5.82 Å². The quantitative estimate of drug-likeness (QED) is 0.798. The average Bonchev–Trinajstić information content (AvgIpc) is 2.50. The third-order valence-corrected chi connectivity index (χ3v) is 3.41. The van der Waals surface area contributed by atoms with Crippen LogP contribution in [0.1, 0.15) is 15.9 Å². The average molecular weight is 299 g/mol. The van der Waals surface area contributed by atoms with Gasteiger partial charge in [-0.25, -0.2) is 9.18 Å². The number of para-hydroxylation sites is 1. The Morgan fingerprint density at radius 1 is 1.14 bits per heavy atom. The molecule has 3 amide bonds. The van der Waals surface area contributed by atoms with Crippen molar-refractivity contribution in [3.05, 3.63) is 59.4 Å². The van der Waals surface area contributed by atoms with Crippen LogP contribution in [-0.2, 0) is 6.42 Å². The summed E-state index contributed by atoms with van der Waals surface area (Å²) in [5.74, 6) is -0.665. The summed E-state index contributed by atoms with van der Waals surface area (Å²) in [6.45, 7) is 0.617. The molecule has 22 heavy (non-hydrogen) atoms. The molecule has 3 N–H and O–H groups in total. The van der Waals surface area contributed by atoms with Gasteiger partial charge in [-0.1, -0.05) is 18.2 Å². The molecule has 112 valence electrons. The van der Waals surface area contributed by atoms with Crippen molar-refractivity contribution >= 4 is 23.3 Å². The zero-order chi connectivity index (χ0) is 15.5. The summed E-state index contributed by atoms with van der Waals surface area (Å²) in [7, 11) is 0. The number of amides is 3. The molecule has 0 saturated heterocycles. The second kappa shape index (κ2) is 5.85. The Hall–Kier alpha value is -2.89. The minimum absolute atomic E-state index is 0.0932. The predicted molar refractivity (Wildman–Crippen MR) is 81.5 cm³/mol. The van der Waals surface area contributed by atoms with Crippen LogP contribution in [0.4, 0.5) is 20.6 Å². The summed E-state index contributed by atoms with van der Waals surface area (Å²) in [5, 5.41) is 7.77. The van der Waals surface area contributed by atoms with Gasteiger partial charge in [-0.05, 0) is 36.2 Å². The molecule has 1 aliphatic rings. The van der Waals surface area contributed by atoms with Crippen LogP contribution in [0.25, 0.3) is 0 Å². The Kier molecular flexibility index (Phi) is 3.74. The summed E-state index contributed by atoms with van der Waals surface area (Å²) in [6.07, 6.45) is 0.767. The van der Waals surface area contributed by atoms with E-state index in [0.29, 0.717) is 17.8 Å². The van der Waals surface area contributed by atoms with Gasteiger partial charge in [0, 0.05) is 17.8 Å². The Morgan fingerprint density at radius 2 is 1.95 bits per heavy atom. The molecule has 0 radical (unpaired) electrons. The van der Waals surface area contributed by atoms with Crippen molar-refractivity contribution in [2.75, 3.05) is 17.2 Å². The summed E-state index contributed by atoms with van der Waals surface area (Å²) >= 11 is 0. The number of halogens is 1. The van der Waals surface area contributed by atoms with Gasteiger partial charge >= 0.3 is 6.03 Å². The molecule has 2 aromatic carbocycles. The number of nitrogens with one attached hydrogen (secondary N) is 3. The van der Waals surface area contributed by atoms with Gasteiger partial charge < -0.3 is 16.0 Å². The monoisotopic (exact) mass is 299 g/mol. The Labute approximate surface area is 126 Å². The van der Waals surface area contributed by atoms with Gasteiger partial charge in [0.25, 0.3) is 5.91 Å². The Bertz CT molecular complexity index is 746. The van der Waals surface area contributed by atoms with E-state index in [1.54, 1.807) is 24.3 Å². The number of rotatable bonds is 2. The van der Waals surface area contributed by atoms with E-state index in [2.05, 4.69) is 16.0 Å². The van der Waals surface area contributed by atoms with Crippen molar-refractivity contribution in [2.45, 2.75) is 6.42 Å². The lowest BCUT2D eigenvalue weighted by Crippen LogP contribution is -2.32. The van der Waals surface area contributed by atoms with Gasteiger partial charge in [0.15, 0.2) is 0 Å². The van der Waals surface area contributed by atoms with Crippen molar-refractivity contribution in [2.24, 2.45) is 0 Å². The zero-order valence-corrected chi connectivity index (χ0v) is 11.7. The normalized spacial score (nSPS) is 13.0. The molecule has 1 aliphatic heterocycles. The Balaban J connectivity index is 1.73. The SMILES string of the molecule is O=C(Nc1ccc2c(c1)C(=O)NCC2)Nc1ccccc1F. The molecule has 5 nitrogen and oxygen atoms in total. The van der Waals surface area contributed by atoms with Crippen LogP contribution in [0.5, 0.6) is 0 Å². The number of hydrogen-bond acceptors (Lipinski definition) is 2. The van der Waals surface area contributed by atoms with Crippen molar-refractivity contribution in [1.29, 1.82) is 0 Å². The molecule has 0 aromatic heterocycles. The topological polar surface area (TPSA) is 70.2 Å². The molecule has 0 spiro atoms. The molecule has 0 bridgehead atoms. The summed E-state index contributed by atoms with van der Waals surface area (Å²) in [5.41, 5.74) is 2.07. The first-order valence-electron chi connectivity index (χ1n) is 6.87. The highest BCUT2D eigenvalue weighted by Gasteiger charge is 2.17. The number of carbonyl (C=O) groups is 2. The highest BCUT2D eigenvalue weighted by atomic mass is 19.1. The van der Waals surface area contributed by atoms with Gasteiger partial charge in [-0.2, -0.15) is 0 Å². The smallest absolute Gasteiger partial charge is 0.323 e. The zero-order valence-electron chi connectivity index (χ0n) is 11.7. The van der Waals surface area contributed by atoms with Crippen LogP contribution in [0.15, 0.2) is 42.5 Å². The molecule has 3 rings (SSSR count). The van der Waals surface area contributed by atoms with Crippen LogP contribution in [0, 0.1) is 5.82 Å².